The van der Waals surface area contributed by atoms with Crippen LogP contribution in [0.2, 0.25) is 0 Å². The van der Waals surface area contributed by atoms with Gasteiger partial charge in [0.1, 0.15) is 0 Å². The fourth-order valence-corrected chi connectivity index (χ4v) is 5.58. The molecular weight excluding hydrogens is 372 g/mol. The molecule has 26 heavy (non-hydrogen) atoms. The van der Waals surface area contributed by atoms with Gasteiger partial charge in [-0.25, -0.2) is 8.42 Å². The van der Waals surface area contributed by atoms with Gasteiger partial charge in [-0.05, 0) is 6.42 Å². The minimum atomic E-state index is -2.99. The number of carbonyl (C=O) groups is 1. The summed E-state index contributed by atoms with van der Waals surface area (Å²) in [5, 5.41) is 9.18. The Balaban J connectivity index is 1.54. The molecule has 1 aliphatic rings. The summed E-state index contributed by atoms with van der Waals surface area (Å²) in [6.07, 6.45) is 0.868. The Morgan fingerprint density at radius 1 is 1.31 bits per heavy atom. The fraction of sp³-hybridized carbons (Fsp3) is 0.471. The lowest BCUT2D eigenvalue weighted by atomic mass is 10.2. The van der Waals surface area contributed by atoms with Crippen LogP contribution in [0.5, 0.6) is 0 Å². The number of hydrogen-bond donors (Lipinski definition) is 0. The fourth-order valence-electron chi connectivity index (χ4n) is 2.97. The zero-order chi connectivity index (χ0) is 18.7. The molecular formula is C17H22N4O3S2. The van der Waals surface area contributed by atoms with Crippen molar-refractivity contribution in [2.24, 2.45) is 7.05 Å². The van der Waals surface area contributed by atoms with Crippen molar-refractivity contribution in [1.29, 1.82) is 0 Å². The largest absolute Gasteiger partial charge is 0.342 e. The van der Waals surface area contributed by atoms with Crippen LogP contribution in [0.15, 0.2) is 35.5 Å². The van der Waals surface area contributed by atoms with Crippen LogP contribution in [0.25, 0.3) is 11.4 Å². The van der Waals surface area contributed by atoms with Gasteiger partial charge >= 0.3 is 0 Å². The van der Waals surface area contributed by atoms with Crippen LogP contribution in [0.3, 0.4) is 0 Å². The molecule has 1 aromatic carbocycles. The van der Waals surface area contributed by atoms with Gasteiger partial charge in [-0.3, -0.25) is 4.79 Å². The van der Waals surface area contributed by atoms with E-state index < -0.39 is 9.84 Å². The second kappa shape index (κ2) is 7.79. The van der Waals surface area contributed by atoms with Crippen LogP contribution in [0.4, 0.5) is 0 Å². The van der Waals surface area contributed by atoms with Crippen molar-refractivity contribution in [3.05, 3.63) is 30.3 Å². The van der Waals surface area contributed by atoms with Crippen molar-refractivity contribution in [2.45, 2.75) is 24.0 Å². The first-order valence-corrected chi connectivity index (χ1v) is 11.2. The first-order chi connectivity index (χ1) is 12.4. The zero-order valence-electron chi connectivity index (χ0n) is 14.8. The maximum Gasteiger partial charge on any atom is 0.223 e. The zero-order valence-corrected chi connectivity index (χ0v) is 16.5. The van der Waals surface area contributed by atoms with Gasteiger partial charge in [0.25, 0.3) is 0 Å². The molecule has 0 aliphatic carbocycles. The van der Waals surface area contributed by atoms with E-state index in [9.17, 15) is 13.2 Å². The summed E-state index contributed by atoms with van der Waals surface area (Å²) in [7, 11) is 0.606. The van der Waals surface area contributed by atoms with E-state index in [-0.39, 0.29) is 23.5 Å². The Morgan fingerprint density at radius 2 is 2.04 bits per heavy atom. The summed E-state index contributed by atoms with van der Waals surface area (Å²) in [6, 6.07) is 9.62. The molecule has 2 heterocycles. The smallest absolute Gasteiger partial charge is 0.223 e. The predicted octanol–water partition coefficient (Wildman–Crippen LogP) is 1.61. The van der Waals surface area contributed by atoms with Crippen LogP contribution in [0.1, 0.15) is 12.8 Å². The Labute approximate surface area is 157 Å². The number of sulfone groups is 1. The van der Waals surface area contributed by atoms with Gasteiger partial charge in [0, 0.05) is 37.9 Å². The van der Waals surface area contributed by atoms with E-state index in [0.717, 1.165) is 16.5 Å². The number of nitrogens with zero attached hydrogens (tertiary/aromatic N) is 4. The van der Waals surface area contributed by atoms with Crippen molar-refractivity contribution < 1.29 is 13.2 Å². The van der Waals surface area contributed by atoms with Gasteiger partial charge in [0.05, 0.1) is 11.5 Å². The van der Waals surface area contributed by atoms with Crippen LogP contribution < -0.4 is 0 Å². The first kappa shape index (κ1) is 18.9. The number of benzene rings is 1. The summed E-state index contributed by atoms with van der Waals surface area (Å²) in [6.45, 7) is 0. The lowest BCUT2D eigenvalue weighted by Gasteiger charge is -2.23. The van der Waals surface area contributed by atoms with E-state index in [1.165, 1.54) is 11.8 Å². The van der Waals surface area contributed by atoms with E-state index in [2.05, 4.69) is 10.2 Å². The Kier molecular flexibility index (Phi) is 5.67. The van der Waals surface area contributed by atoms with Crippen molar-refractivity contribution in [2.75, 3.05) is 24.3 Å². The summed E-state index contributed by atoms with van der Waals surface area (Å²) in [5.74, 6) is 1.57. The highest BCUT2D eigenvalue weighted by Gasteiger charge is 2.32. The number of carbonyl (C=O) groups excluding carboxylic acids is 1. The van der Waals surface area contributed by atoms with Crippen LogP contribution in [-0.4, -0.2) is 64.3 Å². The molecule has 1 saturated heterocycles. The number of amides is 1. The molecule has 2 aromatic rings. The van der Waals surface area contributed by atoms with Crippen molar-refractivity contribution in [3.63, 3.8) is 0 Å². The maximum atomic E-state index is 12.3. The third-order valence-electron chi connectivity index (χ3n) is 4.56. The van der Waals surface area contributed by atoms with Crippen LogP contribution in [-0.2, 0) is 21.7 Å². The molecule has 0 saturated carbocycles. The highest BCUT2D eigenvalue weighted by atomic mass is 32.2. The van der Waals surface area contributed by atoms with Gasteiger partial charge in [-0.2, -0.15) is 0 Å². The molecule has 1 fully saturated rings. The first-order valence-electron chi connectivity index (χ1n) is 8.41. The minimum absolute atomic E-state index is 0.0370. The minimum Gasteiger partial charge on any atom is -0.342 e. The predicted molar refractivity (Wildman–Crippen MR) is 102 cm³/mol. The van der Waals surface area contributed by atoms with E-state index >= 15 is 0 Å². The molecule has 9 heteroatoms. The second-order valence-corrected chi connectivity index (χ2v) is 9.68. The lowest BCUT2D eigenvalue weighted by molar-refractivity contribution is -0.131. The number of hydrogen-bond acceptors (Lipinski definition) is 6. The Bertz CT molecular complexity index is 881. The quantitative estimate of drug-likeness (QED) is 0.692. The third-order valence-corrected chi connectivity index (χ3v) is 7.34. The summed E-state index contributed by atoms with van der Waals surface area (Å²) in [4.78, 5) is 13.9. The summed E-state index contributed by atoms with van der Waals surface area (Å²) in [5.41, 5.74) is 0.993. The number of aromatic nitrogens is 3. The van der Waals surface area contributed by atoms with Crippen LogP contribution >= 0.6 is 11.8 Å². The molecule has 1 aliphatic heterocycles. The molecule has 140 valence electrons. The molecule has 0 N–H and O–H groups in total. The van der Waals surface area contributed by atoms with Crippen molar-refractivity contribution in [1.82, 2.24) is 19.7 Å². The third kappa shape index (κ3) is 4.27. The summed E-state index contributed by atoms with van der Waals surface area (Å²) >= 11 is 1.47. The molecule has 0 radical (unpaired) electrons. The molecule has 7 nitrogen and oxygen atoms in total. The van der Waals surface area contributed by atoms with Gasteiger partial charge in [-0.15, -0.1) is 10.2 Å². The van der Waals surface area contributed by atoms with E-state index in [4.69, 9.17) is 0 Å². The van der Waals surface area contributed by atoms with Gasteiger partial charge in [-0.1, -0.05) is 42.1 Å². The maximum absolute atomic E-state index is 12.3. The molecule has 1 atom stereocenters. The van der Waals surface area contributed by atoms with Gasteiger partial charge in [0.2, 0.25) is 5.91 Å². The molecule has 1 aromatic heterocycles. The van der Waals surface area contributed by atoms with E-state index in [1.54, 1.807) is 11.9 Å². The average Bonchev–Trinajstić information content (AvgIpc) is 3.17. The molecule has 3 rings (SSSR count). The monoisotopic (exact) mass is 394 g/mol. The van der Waals surface area contributed by atoms with Crippen LogP contribution in [0, 0.1) is 0 Å². The van der Waals surface area contributed by atoms with Crippen molar-refractivity contribution in [3.8, 4) is 11.4 Å². The average molecular weight is 395 g/mol. The highest BCUT2D eigenvalue weighted by molar-refractivity contribution is 7.99. The molecule has 0 spiro atoms. The molecule has 1 amide bonds. The molecule has 0 bridgehead atoms. The normalized spacial score (nSPS) is 18.8. The number of thioether (sulfide) groups is 1. The van der Waals surface area contributed by atoms with Gasteiger partial charge < -0.3 is 9.47 Å². The van der Waals surface area contributed by atoms with Crippen molar-refractivity contribution >= 4 is 27.5 Å². The SMILES string of the molecule is CN(C(=O)CCSc1nnc(-c2ccccc2)n1C)C1CCS(=O)(=O)C1. The second-order valence-electron chi connectivity index (χ2n) is 6.39. The highest BCUT2D eigenvalue weighted by Crippen LogP contribution is 2.23. The standard InChI is InChI=1S/C17H22N4O3S2/c1-20(14-9-11-26(23,24)12-14)15(22)8-10-25-17-19-18-16(21(17)2)13-6-4-3-5-7-13/h3-7,14H,8-12H2,1-2H3. The Hall–Kier alpha value is -1.87. The lowest BCUT2D eigenvalue weighted by Crippen LogP contribution is -2.37. The van der Waals surface area contributed by atoms with E-state index in [0.29, 0.717) is 18.6 Å². The van der Waals surface area contributed by atoms with Gasteiger partial charge in [0.15, 0.2) is 20.8 Å². The summed E-state index contributed by atoms with van der Waals surface area (Å²) < 4.78 is 25.0. The topological polar surface area (TPSA) is 85.2 Å². The molecule has 1 unspecified atom stereocenters. The number of rotatable bonds is 6. The Morgan fingerprint density at radius 3 is 2.69 bits per heavy atom. The van der Waals surface area contributed by atoms with E-state index in [1.807, 2.05) is 41.9 Å².